The van der Waals surface area contributed by atoms with E-state index < -0.39 is 11.8 Å². The van der Waals surface area contributed by atoms with Crippen molar-refractivity contribution in [2.45, 2.75) is 13.8 Å². The van der Waals surface area contributed by atoms with Crippen LogP contribution < -0.4 is 10.2 Å². The van der Waals surface area contributed by atoms with Crippen LogP contribution in [0.15, 0.2) is 48.5 Å². The van der Waals surface area contributed by atoms with Crippen LogP contribution in [0.1, 0.15) is 40.8 Å². The Kier molecular flexibility index (Phi) is 4.53. The molecule has 2 aromatic carbocycles. The highest BCUT2D eigenvalue weighted by atomic mass is 35.5. The summed E-state index contributed by atoms with van der Waals surface area (Å²) in [5.41, 5.74) is 2.54. The maximum atomic E-state index is 12.6. The number of rotatable bonds is 3. The minimum absolute atomic E-state index is 0.200. The van der Waals surface area contributed by atoms with Crippen molar-refractivity contribution >= 4 is 52.0 Å². The van der Waals surface area contributed by atoms with Crippen molar-refractivity contribution < 1.29 is 14.4 Å². The predicted octanol–water partition coefficient (Wildman–Crippen LogP) is 5.07. The van der Waals surface area contributed by atoms with Gasteiger partial charge in [-0.05, 0) is 55.8 Å². The molecule has 0 saturated heterocycles. The lowest BCUT2D eigenvalue weighted by molar-refractivity contribution is 0.0925. The Morgan fingerprint density at radius 3 is 2.18 bits per heavy atom. The summed E-state index contributed by atoms with van der Waals surface area (Å²) >= 11 is 7.77. The lowest BCUT2D eigenvalue weighted by Gasteiger charge is -2.16. The summed E-state index contributed by atoms with van der Waals surface area (Å²) in [6.45, 7) is 3.92. The molecule has 1 N–H and O–H groups in total. The van der Waals surface area contributed by atoms with Gasteiger partial charge in [-0.25, -0.2) is 4.90 Å². The fourth-order valence-electron chi connectivity index (χ4n) is 3.05. The molecule has 0 unspecified atom stereocenters. The summed E-state index contributed by atoms with van der Waals surface area (Å²) in [6.07, 6.45) is 0. The second kappa shape index (κ2) is 6.89. The zero-order valence-corrected chi connectivity index (χ0v) is 16.6. The van der Waals surface area contributed by atoms with Crippen LogP contribution in [0.5, 0.6) is 0 Å². The van der Waals surface area contributed by atoms with Crippen LogP contribution in [0, 0.1) is 13.8 Å². The Morgan fingerprint density at radius 2 is 1.64 bits per heavy atom. The molecule has 1 aliphatic rings. The van der Waals surface area contributed by atoms with Gasteiger partial charge in [0.1, 0.15) is 0 Å². The van der Waals surface area contributed by atoms with Gasteiger partial charge in [0.2, 0.25) is 0 Å². The summed E-state index contributed by atoms with van der Waals surface area (Å²) in [5.74, 6) is -1.06. The molecule has 0 radical (unpaired) electrons. The van der Waals surface area contributed by atoms with Gasteiger partial charge in [0.15, 0.2) is 0 Å². The third-order valence-corrected chi connectivity index (χ3v) is 6.08. The van der Waals surface area contributed by atoms with Crippen LogP contribution in [0.4, 0.5) is 11.4 Å². The Morgan fingerprint density at radius 1 is 1.00 bits per heavy atom. The Labute approximate surface area is 170 Å². The molecule has 3 amide bonds. The molecule has 0 fully saturated rings. The van der Waals surface area contributed by atoms with Crippen molar-refractivity contribution in [3.05, 3.63) is 80.0 Å². The summed E-state index contributed by atoms with van der Waals surface area (Å²) in [5, 5.41) is 3.00. The van der Waals surface area contributed by atoms with Gasteiger partial charge in [0.05, 0.1) is 26.7 Å². The highest BCUT2D eigenvalue weighted by Crippen LogP contribution is 2.35. The molecule has 7 heteroatoms. The summed E-state index contributed by atoms with van der Waals surface area (Å²) in [7, 11) is 0. The van der Waals surface area contributed by atoms with Gasteiger partial charge in [-0.3, -0.25) is 14.4 Å². The lowest BCUT2D eigenvalue weighted by atomic mass is 10.1. The first-order chi connectivity index (χ1) is 13.4. The van der Waals surface area contributed by atoms with E-state index in [0.717, 1.165) is 15.3 Å². The topological polar surface area (TPSA) is 66.5 Å². The first-order valence-corrected chi connectivity index (χ1v) is 9.72. The molecule has 140 valence electrons. The van der Waals surface area contributed by atoms with Crippen LogP contribution >= 0.6 is 22.9 Å². The minimum atomic E-state index is -0.413. The number of hydrogen-bond donors (Lipinski definition) is 1. The highest BCUT2D eigenvalue weighted by Gasteiger charge is 2.37. The second-order valence-corrected chi connectivity index (χ2v) is 8.12. The average molecular weight is 411 g/mol. The van der Waals surface area contributed by atoms with Crippen molar-refractivity contribution in [2.75, 3.05) is 10.2 Å². The number of thiophene rings is 1. The first-order valence-electron chi connectivity index (χ1n) is 8.52. The number of carbonyl (C=O) groups is 3. The number of nitrogens with one attached hydrogen (secondary N) is 1. The first kappa shape index (κ1) is 18.4. The number of aryl methyl sites for hydroxylation is 2. The van der Waals surface area contributed by atoms with Crippen molar-refractivity contribution in [3.63, 3.8) is 0 Å². The van der Waals surface area contributed by atoms with E-state index in [9.17, 15) is 14.4 Å². The molecule has 0 spiro atoms. The van der Waals surface area contributed by atoms with E-state index >= 15 is 0 Å². The maximum Gasteiger partial charge on any atom is 0.266 e. The molecule has 0 saturated carbocycles. The normalized spacial score (nSPS) is 13.0. The molecular formula is C21H15ClN2O3S. The largest absolute Gasteiger partial charge is 0.321 e. The fraction of sp³-hybridized carbons (Fsp3) is 0.0952. The van der Waals surface area contributed by atoms with Gasteiger partial charge in [-0.15, -0.1) is 11.3 Å². The number of halogens is 1. The van der Waals surface area contributed by atoms with E-state index in [-0.39, 0.29) is 16.6 Å². The molecule has 4 rings (SSSR count). The molecular weight excluding hydrogens is 396 g/mol. The zero-order chi connectivity index (χ0) is 20.0. The van der Waals surface area contributed by atoms with Gasteiger partial charge in [-0.2, -0.15) is 0 Å². The number of benzene rings is 2. The van der Waals surface area contributed by atoms with Crippen molar-refractivity contribution in [3.8, 4) is 0 Å². The minimum Gasteiger partial charge on any atom is -0.321 e. The quantitative estimate of drug-likeness (QED) is 0.613. The number of nitrogens with zero attached hydrogens (tertiary/aromatic N) is 1. The fourth-order valence-corrected chi connectivity index (χ4v) is 4.25. The Hall–Kier alpha value is -2.96. The predicted molar refractivity (Wildman–Crippen MR) is 111 cm³/mol. The maximum absolute atomic E-state index is 12.6. The molecule has 0 bridgehead atoms. The number of fused-ring (bicyclic) bond motifs is 1. The van der Waals surface area contributed by atoms with Gasteiger partial charge in [-0.1, -0.05) is 23.7 Å². The van der Waals surface area contributed by atoms with E-state index in [1.165, 1.54) is 17.4 Å². The van der Waals surface area contributed by atoms with E-state index in [4.69, 9.17) is 11.6 Å². The van der Waals surface area contributed by atoms with E-state index in [1.807, 2.05) is 19.9 Å². The number of anilines is 2. The van der Waals surface area contributed by atoms with Gasteiger partial charge < -0.3 is 5.32 Å². The van der Waals surface area contributed by atoms with Crippen LogP contribution in [0.2, 0.25) is 5.02 Å². The SMILES string of the molecule is Cc1cc(C(=O)Nc2ccc(N3C(=O)c4ccccc4C3=O)c(Cl)c2)sc1C. The van der Waals surface area contributed by atoms with Crippen LogP contribution in [-0.4, -0.2) is 17.7 Å². The van der Waals surface area contributed by atoms with E-state index in [0.29, 0.717) is 21.7 Å². The highest BCUT2D eigenvalue weighted by molar-refractivity contribution is 7.14. The van der Waals surface area contributed by atoms with Crippen LogP contribution in [0.3, 0.4) is 0 Å². The molecule has 1 aliphatic heterocycles. The number of carbonyl (C=O) groups excluding carboxylic acids is 3. The molecule has 3 aromatic rings. The van der Waals surface area contributed by atoms with Gasteiger partial charge in [0, 0.05) is 10.6 Å². The van der Waals surface area contributed by atoms with Crippen LogP contribution in [0.25, 0.3) is 0 Å². The molecule has 28 heavy (non-hydrogen) atoms. The second-order valence-electron chi connectivity index (χ2n) is 6.46. The van der Waals surface area contributed by atoms with Crippen LogP contribution in [-0.2, 0) is 0 Å². The summed E-state index contributed by atoms with van der Waals surface area (Å²) in [4.78, 5) is 40.4. The lowest BCUT2D eigenvalue weighted by Crippen LogP contribution is -2.29. The standard InChI is InChI=1S/C21H15ClN2O3S/c1-11-9-18(28-12(11)2)19(25)23-13-7-8-17(16(22)10-13)24-20(26)14-5-3-4-6-15(14)21(24)27/h3-10H,1-2H3,(H,23,25). The van der Waals surface area contributed by atoms with Crippen molar-refractivity contribution in [2.24, 2.45) is 0 Å². The van der Waals surface area contributed by atoms with E-state index in [2.05, 4.69) is 5.32 Å². The van der Waals surface area contributed by atoms with Crippen molar-refractivity contribution in [1.82, 2.24) is 0 Å². The smallest absolute Gasteiger partial charge is 0.266 e. The molecule has 0 atom stereocenters. The van der Waals surface area contributed by atoms with Gasteiger partial charge in [0.25, 0.3) is 17.7 Å². The number of hydrogen-bond acceptors (Lipinski definition) is 4. The third-order valence-electron chi connectivity index (χ3n) is 4.63. The summed E-state index contributed by atoms with van der Waals surface area (Å²) < 4.78 is 0. The van der Waals surface area contributed by atoms with Gasteiger partial charge >= 0.3 is 0 Å². The van der Waals surface area contributed by atoms with E-state index in [1.54, 1.807) is 36.4 Å². The van der Waals surface area contributed by atoms with Crippen molar-refractivity contribution in [1.29, 1.82) is 0 Å². The Bertz CT molecular complexity index is 1100. The molecule has 1 aromatic heterocycles. The summed E-state index contributed by atoms with van der Waals surface area (Å²) in [6, 6.07) is 13.2. The average Bonchev–Trinajstić information content (AvgIpc) is 3.13. The third kappa shape index (κ3) is 3.00. The Balaban J connectivity index is 1.60. The monoisotopic (exact) mass is 410 g/mol. The molecule has 2 heterocycles. The number of amides is 3. The molecule has 0 aliphatic carbocycles. The molecule has 5 nitrogen and oxygen atoms in total. The zero-order valence-electron chi connectivity index (χ0n) is 15.1. The number of imide groups is 1.